The summed E-state index contributed by atoms with van der Waals surface area (Å²) >= 11 is 3.51. The summed E-state index contributed by atoms with van der Waals surface area (Å²) in [4.78, 5) is 15.4. The monoisotopic (exact) mass is 402 g/mol. The number of aromatic carboxylic acids is 1. The van der Waals surface area contributed by atoms with Gasteiger partial charge in [0.05, 0.1) is 36.1 Å². The third-order valence-electron chi connectivity index (χ3n) is 3.80. The van der Waals surface area contributed by atoms with Crippen molar-refractivity contribution in [3.8, 4) is 5.75 Å². The summed E-state index contributed by atoms with van der Waals surface area (Å²) in [6.07, 6.45) is 1.73. The highest BCUT2D eigenvalue weighted by molar-refractivity contribution is 9.10. The van der Waals surface area contributed by atoms with Crippen LogP contribution in [0.5, 0.6) is 5.75 Å². The summed E-state index contributed by atoms with van der Waals surface area (Å²) in [5, 5.41) is 9.10. The van der Waals surface area contributed by atoms with Crippen molar-refractivity contribution in [3.63, 3.8) is 0 Å². The number of imidazole rings is 1. The van der Waals surface area contributed by atoms with Gasteiger partial charge in [0.2, 0.25) is 0 Å². The van der Waals surface area contributed by atoms with Gasteiger partial charge in [-0.15, -0.1) is 0 Å². The molecule has 0 atom stereocenters. The molecule has 0 spiro atoms. The van der Waals surface area contributed by atoms with Crippen LogP contribution in [0.25, 0.3) is 11.0 Å². The highest BCUT2D eigenvalue weighted by Crippen LogP contribution is 2.26. The van der Waals surface area contributed by atoms with Crippen molar-refractivity contribution < 1.29 is 14.6 Å². The number of aromatic nitrogens is 2. The Hall–Kier alpha value is -2.34. The van der Waals surface area contributed by atoms with Crippen LogP contribution in [0.15, 0.2) is 47.2 Å². The van der Waals surface area contributed by atoms with E-state index in [2.05, 4.69) is 34.8 Å². The summed E-state index contributed by atoms with van der Waals surface area (Å²) in [7, 11) is 0. The van der Waals surface area contributed by atoms with Crippen LogP contribution < -0.4 is 4.74 Å². The second-order valence-electron chi connectivity index (χ2n) is 6.34. The zero-order chi connectivity index (χ0) is 18.0. The SMILES string of the molecule is CC(C)COc1ccc(Br)cc1Cn1cnc2cc(C(=O)O)ccc21. The summed E-state index contributed by atoms with van der Waals surface area (Å²) in [5.41, 5.74) is 2.83. The summed E-state index contributed by atoms with van der Waals surface area (Å²) in [6.45, 7) is 5.47. The maximum atomic E-state index is 11.1. The zero-order valence-corrected chi connectivity index (χ0v) is 15.7. The third-order valence-corrected chi connectivity index (χ3v) is 4.30. The molecule has 3 aromatic rings. The first-order valence-electron chi connectivity index (χ1n) is 8.03. The van der Waals surface area contributed by atoms with E-state index in [1.54, 1.807) is 24.5 Å². The number of ether oxygens (including phenoxy) is 1. The normalized spacial score (nSPS) is 11.2. The number of halogens is 1. The lowest BCUT2D eigenvalue weighted by molar-refractivity contribution is 0.0697. The van der Waals surface area contributed by atoms with E-state index in [0.29, 0.717) is 24.6 Å². The summed E-state index contributed by atoms with van der Waals surface area (Å²) in [6, 6.07) is 10.9. The molecule has 0 aliphatic rings. The van der Waals surface area contributed by atoms with E-state index >= 15 is 0 Å². The Labute approximate surface area is 154 Å². The average Bonchev–Trinajstić information content (AvgIpc) is 2.96. The molecule has 2 aromatic carbocycles. The number of nitrogens with zero attached hydrogens (tertiary/aromatic N) is 2. The molecule has 0 bridgehead atoms. The first-order valence-corrected chi connectivity index (χ1v) is 8.82. The van der Waals surface area contributed by atoms with Gasteiger partial charge in [-0.3, -0.25) is 0 Å². The smallest absolute Gasteiger partial charge is 0.335 e. The molecule has 130 valence electrons. The largest absolute Gasteiger partial charge is 0.493 e. The van der Waals surface area contributed by atoms with Gasteiger partial charge >= 0.3 is 5.97 Å². The molecule has 5 nitrogen and oxygen atoms in total. The van der Waals surface area contributed by atoms with Gasteiger partial charge in [-0.2, -0.15) is 0 Å². The molecule has 0 aliphatic carbocycles. The van der Waals surface area contributed by atoms with Crippen LogP contribution in [-0.2, 0) is 6.54 Å². The van der Waals surface area contributed by atoms with Crippen LogP contribution in [-0.4, -0.2) is 27.2 Å². The van der Waals surface area contributed by atoms with Crippen LogP contribution in [0, 0.1) is 5.92 Å². The van der Waals surface area contributed by atoms with Gasteiger partial charge in [0.15, 0.2) is 0 Å². The van der Waals surface area contributed by atoms with Crippen molar-refractivity contribution in [2.24, 2.45) is 5.92 Å². The number of benzene rings is 2. The molecule has 6 heteroatoms. The zero-order valence-electron chi connectivity index (χ0n) is 14.1. The van der Waals surface area contributed by atoms with Crippen LogP contribution in [0.2, 0.25) is 0 Å². The lowest BCUT2D eigenvalue weighted by Gasteiger charge is -2.14. The van der Waals surface area contributed by atoms with E-state index in [1.165, 1.54) is 0 Å². The maximum Gasteiger partial charge on any atom is 0.335 e. The molecule has 1 aromatic heterocycles. The Balaban J connectivity index is 1.93. The van der Waals surface area contributed by atoms with E-state index in [0.717, 1.165) is 21.3 Å². The van der Waals surface area contributed by atoms with E-state index in [-0.39, 0.29) is 5.56 Å². The van der Waals surface area contributed by atoms with Crippen molar-refractivity contribution >= 4 is 32.9 Å². The van der Waals surface area contributed by atoms with Crippen molar-refractivity contribution in [1.29, 1.82) is 0 Å². The summed E-state index contributed by atoms with van der Waals surface area (Å²) in [5.74, 6) is 0.341. The second kappa shape index (κ2) is 7.27. The molecule has 0 amide bonds. The van der Waals surface area contributed by atoms with Crippen LogP contribution in [0.1, 0.15) is 29.8 Å². The van der Waals surface area contributed by atoms with E-state index in [4.69, 9.17) is 9.84 Å². The first-order chi connectivity index (χ1) is 11.9. The van der Waals surface area contributed by atoms with Crippen molar-refractivity contribution in [3.05, 3.63) is 58.3 Å². The average molecular weight is 403 g/mol. The molecule has 25 heavy (non-hydrogen) atoms. The van der Waals surface area contributed by atoms with E-state index in [9.17, 15) is 4.79 Å². The van der Waals surface area contributed by atoms with Gasteiger partial charge in [0.25, 0.3) is 0 Å². The number of carbonyl (C=O) groups is 1. The van der Waals surface area contributed by atoms with Gasteiger partial charge in [0.1, 0.15) is 5.75 Å². The number of rotatable bonds is 6. The molecule has 0 saturated heterocycles. The molecular formula is C19H19BrN2O3. The molecule has 0 radical (unpaired) electrons. The Bertz CT molecular complexity index is 918. The molecule has 1 heterocycles. The number of fused-ring (bicyclic) bond motifs is 1. The van der Waals surface area contributed by atoms with Crippen LogP contribution >= 0.6 is 15.9 Å². The fourth-order valence-corrected chi connectivity index (χ4v) is 2.98. The molecule has 0 saturated carbocycles. The number of carboxylic acids is 1. The van der Waals surface area contributed by atoms with E-state index in [1.807, 2.05) is 22.8 Å². The topological polar surface area (TPSA) is 64.4 Å². The molecule has 1 N–H and O–H groups in total. The van der Waals surface area contributed by atoms with Crippen molar-refractivity contribution in [2.75, 3.05) is 6.61 Å². The molecule has 0 fully saturated rings. The molecule has 0 aliphatic heterocycles. The van der Waals surface area contributed by atoms with Crippen LogP contribution in [0.4, 0.5) is 0 Å². The quantitative estimate of drug-likeness (QED) is 0.655. The van der Waals surface area contributed by atoms with E-state index < -0.39 is 5.97 Å². The van der Waals surface area contributed by atoms with Gasteiger partial charge < -0.3 is 14.4 Å². The number of carboxylic acid groups (broad SMARTS) is 1. The lowest BCUT2D eigenvalue weighted by atomic mass is 10.1. The Morgan fingerprint density at radius 2 is 2.08 bits per heavy atom. The molecule has 3 rings (SSSR count). The molecule has 0 unspecified atom stereocenters. The van der Waals surface area contributed by atoms with Crippen molar-refractivity contribution in [2.45, 2.75) is 20.4 Å². The highest BCUT2D eigenvalue weighted by Gasteiger charge is 2.11. The van der Waals surface area contributed by atoms with Gasteiger partial charge in [-0.25, -0.2) is 9.78 Å². The van der Waals surface area contributed by atoms with Gasteiger partial charge in [0, 0.05) is 10.0 Å². The standard InChI is InChI=1S/C19H19BrN2O3/c1-12(2)10-25-18-6-4-15(20)7-14(18)9-22-11-21-16-8-13(19(23)24)3-5-17(16)22/h3-8,11-12H,9-10H2,1-2H3,(H,23,24). The third kappa shape index (κ3) is 4.02. The Kier molecular flexibility index (Phi) is 5.08. The molecular weight excluding hydrogens is 384 g/mol. The number of hydrogen-bond donors (Lipinski definition) is 1. The summed E-state index contributed by atoms with van der Waals surface area (Å²) < 4.78 is 8.91. The first kappa shape index (κ1) is 17.5. The van der Waals surface area contributed by atoms with Crippen LogP contribution in [0.3, 0.4) is 0 Å². The minimum Gasteiger partial charge on any atom is -0.493 e. The lowest BCUT2D eigenvalue weighted by Crippen LogP contribution is -2.08. The second-order valence-corrected chi connectivity index (χ2v) is 7.25. The fourth-order valence-electron chi connectivity index (χ4n) is 2.58. The Morgan fingerprint density at radius 1 is 1.28 bits per heavy atom. The predicted octanol–water partition coefficient (Wildman–Crippen LogP) is 4.58. The maximum absolute atomic E-state index is 11.1. The fraction of sp³-hybridized carbons (Fsp3) is 0.263. The minimum absolute atomic E-state index is 0.237. The number of hydrogen-bond acceptors (Lipinski definition) is 3. The minimum atomic E-state index is -0.951. The highest BCUT2D eigenvalue weighted by atomic mass is 79.9. The predicted molar refractivity (Wildman–Crippen MR) is 100 cm³/mol. The van der Waals surface area contributed by atoms with Gasteiger partial charge in [-0.1, -0.05) is 29.8 Å². The Morgan fingerprint density at radius 3 is 2.80 bits per heavy atom. The van der Waals surface area contributed by atoms with Gasteiger partial charge in [-0.05, 0) is 42.3 Å². The van der Waals surface area contributed by atoms with Crippen molar-refractivity contribution in [1.82, 2.24) is 9.55 Å².